The number of halogens is 1. The lowest BCUT2D eigenvalue weighted by Crippen LogP contribution is -2.30. The van der Waals surface area contributed by atoms with E-state index in [0.29, 0.717) is 6.04 Å². The van der Waals surface area contributed by atoms with Crippen molar-refractivity contribution in [2.75, 3.05) is 6.54 Å². The van der Waals surface area contributed by atoms with Crippen LogP contribution in [0.25, 0.3) is 0 Å². The van der Waals surface area contributed by atoms with Gasteiger partial charge in [-0.1, -0.05) is 35.9 Å². The van der Waals surface area contributed by atoms with Crippen molar-refractivity contribution in [3.8, 4) is 5.75 Å². The molecule has 0 aliphatic carbocycles. The van der Waals surface area contributed by atoms with E-state index in [1.165, 1.54) is 11.1 Å². The van der Waals surface area contributed by atoms with E-state index < -0.39 is 0 Å². The maximum atomic E-state index is 6.00. The van der Waals surface area contributed by atoms with Crippen molar-refractivity contribution in [2.45, 2.75) is 39.0 Å². The molecule has 3 nitrogen and oxygen atoms in total. The summed E-state index contributed by atoms with van der Waals surface area (Å²) < 4.78 is 5.45. The molecule has 0 fully saturated rings. The third kappa shape index (κ3) is 6.61. The van der Waals surface area contributed by atoms with E-state index in [2.05, 4.69) is 30.4 Å². The van der Waals surface area contributed by atoms with Crippen molar-refractivity contribution in [2.24, 2.45) is 5.73 Å². The molecule has 0 bridgehead atoms. The Morgan fingerprint density at radius 2 is 1.83 bits per heavy atom. The molecular weight excluding hydrogens is 308 g/mol. The third-order valence-electron chi connectivity index (χ3n) is 3.58. The highest BCUT2D eigenvalue weighted by molar-refractivity contribution is 6.30. The molecule has 0 aliphatic rings. The van der Waals surface area contributed by atoms with Crippen LogP contribution in [0.5, 0.6) is 5.75 Å². The second kappa shape index (κ2) is 8.92. The summed E-state index contributed by atoms with van der Waals surface area (Å²) in [6.07, 6.45) is 1.67. The van der Waals surface area contributed by atoms with Crippen LogP contribution in [0.4, 0.5) is 0 Å². The molecule has 2 aromatic carbocycles. The van der Waals surface area contributed by atoms with Gasteiger partial charge in [0.2, 0.25) is 0 Å². The largest absolute Gasteiger partial charge is 0.476 e. The third-order valence-corrected chi connectivity index (χ3v) is 3.82. The van der Waals surface area contributed by atoms with E-state index in [-0.39, 0.29) is 6.23 Å². The van der Waals surface area contributed by atoms with E-state index in [0.717, 1.165) is 30.2 Å². The summed E-state index contributed by atoms with van der Waals surface area (Å²) in [4.78, 5) is 0. The van der Waals surface area contributed by atoms with Gasteiger partial charge in [0.15, 0.2) is 0 Å². The highest BCUT2D eigenvalue weighted by Gasteiger charge is 2.04. The fourth-order valence-electron chi connectivity index (χ4n) is 2.50. The molecule has 2 rings (SSSR count). The zero-order valence-corrected chi connectivity index (χ0v) is 14.5. The van der Waals surface area contributed by atoms with E-state index in [1.54, 1.807) is 0 Å². The minimum absolute atomic E-state index is 0.284. The summed E-state index contributed by atoms with van der Waals surface area (Å²) in [6.45, 7) is 4.96. The van der Waals surface area contributed by atoms with Gasteiger partial charge < -0.3 is 10.1 Å². The lowest BCUT2D eigenvalue weighted by Gasteiger charge is -2.15. The van der Waals surface area contributed by atoms with Crippen LogP contribution in [0.3, 0.4) is 0 Å². The minimum atomic E-state index is -0.284. The van der Waals surface area contributed by atoms with Crippen molar-refractivity contribution in [1.29, 1.82) is 0 Å². The standard InChI is InChI=1S/C19H25ClN2O/c1-14(22-11-10-16-4-3-5-18(20)13-16)12-17-6-8-19(9-7-17)23-15(2)21/h3-9,13-15,22H,10-12,21H2,1-2H3. The monoisotopic (exact) mass is 332 g/mol. The number of nitrogens with two attached hydrogens (primary N) is 1. The van der Waals surface area contributed by atoms with Gasteiger partial charge in [-0.15, -0.1) is 0 Å². The highest BCUT2D eigenvalue weighted by atomic mass is 35.5. The molecule has 0 radical (unpaired) electrons. The number of rotatable bonds is 8. The Bertz CT molecular complexity index is 599. The van der Waals surface area contributed by atoms with Gasteiger partial charge in [-0.3, -0.25) is 5.73 Å². The maximum absolute atomic E-state index is 6.00. The van der Waals surface area contributed by atoms with Gasteiger partial charge >= 0.3 is 0 Å². The first-order chi connectivity index (χ1) is 11.0. The fourth-order valence-corrected chi connectivity index (χ4v) is 2.71. The number of nitrogens with one attached hydrogen (secondary N) is 1. The first-order valence-corrected chi connectivity index (χ1v) is 8.40. The van der Waals surface area contributed by atoms with Crippen molar-refractivity contribution in [3.63, 3.8) is 0 Å². The van der Waals surface area contributed by atoms with Gasteiger partial charge in [-0.05, 0) is 68.6 Å². The summed E-state index contributed by atoms with van der Waals surface area (Å²) in [6, 6.07) is 16.6. The highest BCUT2D eigenvalue weighted by Crippen LogP contribution is 2.14. The predicted molar refractivity (Wildman–Crippen MR) is 97.0 cm³/mol. The lowest BCUT2D eigenvalue weighted by atomic mass is 10.1. The molecule has 0 saturated carbocycles. The van der Waals surface area contributed by atoms with Crippen molar-refractivity contribution >= 4 is 11.6 Å². The van der Waals surface area contributed by atoms with Gasteiger partial charge in [0.25, 0.3) is 0 Å². The number of ether oxygens (including phenoxy) is 1. The molecule has 0 aromatic heterocycles. The van der Waals surface area contributed by atoms with E-state index >= 15 is 0 Å². The molecule has 0 amide bonds. The quantitative estimate of drug-likeness (QED) is 0.723. The summed E-state index contributed by atoms with van der Waals surface area (Å²) in [5, 5.41) is 4.35. The zero-order valence-electron chi connectivity index (χ0n) is 13.8. The Balaban J connectivity index is 1.75. The zero-order chi connectivity index (χ0) is 16.7. The molecule has 23 heavy (non-hydrogen) atoms. The molecular formula is C19H25ClN2O. The van der Waals surface area contributed by atoms with Gasteiger partial charge in [0.05, 0.1) is 0 Å². The van der Waals surface area contributed by atoms with Gasteiger partial charge in [0, 0.05) is 11.1 Å². The first-order valence-electron chi connectivity index (χ1n) is 8.02. The second-order valence-electron chi connectivity index (χ2n) is 5.91. The minimum Gasteiger partial charge on any atom is -0.476 e. The van der Waals surface area contributed by atoms with Crippen molar-refractivity contribution in [3.05, 3.63) is 64.7 Å². The normalized spacial score (nSPS) is 13.6. The molecule has 0 saturated heterocycles. The lowest BCUT2D eigenvalue weighted by molar-refractivity contribution is 0.230. The van der Waals surface area contributed by atoms with Crippen LogP contribution in [-0.2, 0) is 12.8 Å². The van der Waals surface area contributed by atoms with Gasteiger partial charge in [-0.25, -0.2) is 0 Å². The van der Waals surface area contributed by atoms with E-state index in [9.17, 15) is 0 Å². The molecule has 2 aromatic rings. The average Bonchev–Trinajstić information content (AvgIpc) is 2.49. The molecule has 3 N–H and O–H groups in total. The SMILES string of the molecule is CC(Cc1ccc(OC(C)N)cc1)NCCc1cccc(Cl)c1. The Morgan fingerprint density at radius 1 is 1.09 bits per heavy atom. The Kier molecular flexibility index (Phi) is 6.90. The summed E-state index contributed by atoms with van der Waals surface area (Å²) >= 11 is 6.00. The Morgan fingerprint density at radius 3 is 2.48 bits per heavy atom. The second-order valence-corrected chi connectivity index (χ2v) is 6.34. The fraction of sp³-hybridized carbons (Fsp3) is 0.368. The van der Waals surface area contributed by atoms with E-state index in [1.807, 2.05) is 37.3 Å². The molecule has 4 heteroatoms. The molecule has 2 unspecified atom stereocenters. The average molecular weight is 333 g/mol. The van der Waals surface area contributed by atoms with Gasteiger partial charge in [0.1, 0.15) is 12.0 Å². The smallest absolute Gasteiger partial charge is 0.144 e. The van der Waals surface area contributed by atoms with Crippen LogP contribution >= 0.6 is 11.6 Å². The molecule has 0 heterocycles. The van der Waals surface area contributed by atoms with Crippen LogP contribution in [0.15, 0.2) is 48.5 Å². The van der Waals surface area contributed by atoms with Crippen LogP contribution in [0.1, 0.15) is 25.0 Å². The summed E-state index contributed by atoms with van der Waals surface area (Å²) in [7, 11) is 0. The summed E-state index contributed by atoms with van der Waals surface area (Å²) in [5.41, 5.74) is 8.16. The molecule has 0 aliphatic heterocycles. The first kappa shape index (κ1) is 17.8. The van der Waals surface area contributed by atoms with Crippen molar-refractivity contribution in [1.82, 2.24) is 5.32 Å². The van der Waals surface area contributed by atoms with Crippen molar-refractivity contribution < 1.29 is 4.74 Å². The van der Waals surface area contributed by atoms with Crippen LogP contribution in [0, 0.1) is 0 Å². The molecule has 0 spiro atoms. The number of hydrogen-bond donors (Lipinski definition) is 2. The Hall–Kier alpha value is -1.55. The van der Waals surface area contributed by atoms with Crippen LogP contribution < -0.4 is 15.8 Å². The molecule has 2 atom stereocenters. The Labute approximate surface area is 143 Å². The molecule has 124 valence electrons. The maximum Gasteiger partial charge on any atom is 0.144 e. The predicted octanol–water partition coefficient (Wildman–Crippen LogP) is 3.79. The summed E-state index contributed by atoms with van der Waals surface area (Å²) in [5.74, 6) is 0.810. The number of benzene rings is 2. The van der Waals surface area contributed by atoms with Crippen LogP contribution in [0.2, 0.25) is 5.02 Å². The number of hydrogen-bond acceptors (Lipinski definition) is 3. The van der Waals surface area contributed by atoms with Crippen LogP contribution in [-0.4, -0.2) is 18.8 Å². The van der Waals surface area contributed by atoms with E-state index in [4.69, 9.17) is 22.1 Å². The topological polar surface area (TPSA) is 47.3 Å². The van der Waals surface area contributed by atoms with Gasteiger partial charge in [-0.2, -0.15) is 0 Å².